The summed E-state index contributed by atoms with van der Waals surface area (Å²) < 4.78 is 11.1. The minimum atomic E-state index is -0.0397. The van der Waals surface area contributed by atoms with Crippen molar-refractivity contribution in [2.45, 2.75) is 43.7 Å². The second-order valence-electron chi connectivity index (χ2n) is 9.02. The molecule has 0 radical (unpaired) electrons. The summed E-state index contributed by atoms with van der Waals surface area (Å²) in [6.45, 7) is 5.35. The number of morpholine rings is 1. The number of methoxy groups -OCH3 is 1. The molecule has 2 bridgehead atoms. The van der Waals surface area contributed by atoms with Gasteiger partial charge in [0.1, 0.15) is 11.6 Å². The number of ether oxygens (including phenoxy) is 2. The Labute approximate surface area is 200 Å². The number of aromatic nitrogens is 1. The van der Waals surface area contributed by atoms with Crippen LogP contribution in [-0.4, -0.2) is 59.9 Å². The molecule has 1 aromatic carbocycles. The molecule has 0 spiro atoms. The predicted molar refractivity (Wildman–Crippen MR) is 133 cm³/mol. The van der Waals surface area contributed by atoms with Crippen LogP contribution in [0.3, 0.4) is 0 Å². The molecule has 2 aliphatic rings. The number of nitrogen functional groups attached to an aromatic ring is 1. The summed E-state index contributed by atoms with van der Waals surface area (Å²) in [7, 11) is 1.69. The Kier molecular flexibility index (Phi) is 7.29. The number of hydrogen-bond donors (Lipinski definition) is 4. The molecule has 8 nitrogen and oxygen atoms in total. The highest BCUT2D eigenvalue weighted by Gasteiger charge is 2.42. The van der Waals surface area contributed by atoms with E-state index in [4.69, 9.17) is 20.9 Å². The van der Waals surface area contributed by atoms with Crippen LogP contribution in [0.4, 0.5) is 5.82 Å². The van der Waals surface area contributed by atoms with Gasteiger partial charge in [-0.05, 0) is 55.5 Å². The first-order chi connectivity index (χ1) is 16.4. The van der Waals surface area contributed by atoms with Crippen LogP contribution in [-0.2, 0) is 20.7 Å². The highest BCUT2D eigenvalue weighted by Crippen LogP contribution is 2.41. The van der Waals surface area contributed by atoms with Crippen molar-refractivity contribution in [3.63, 3.8) is 0 Å². The van der Waals surface area contributed by atoms with Gasteiger partial charge in [0.15, 0.2) is 0 Å². The number of aromatic hydroxyl groups is 1. The second-order valence-corrected chi connectivity index (χ2v) is 9.02. The van der Waals surface area contributed by atoms with Gasteiger partial charge in [0.25, 0.3) is 0 Å². The van der Waals surface area contributed by atoms with Gasteiger partial charge in [0, 0.05) is 42.2 Å². The SMILES string of the molecule is C=CC(=O)N1C2COCC1CC(c1[nH]c(N)c(/C=C(\N)c3ccccc3O)c1CCCOC)C2. The number of piperidine rings is 1. The molecule has 0 aliphatic carbocycles. The number of fused-ring (bicyclic) bond motifs is 2. The molecule has 6 N–H and O–H groups in total. The van der Waals surface area contributed by atoms with E-state index in [1.54, 1.807) is 25.3 Å². The molecule has 4 rings (SSSR count). The fourth-order valence-electron chi connectivity index (χ4n) is 5.34. The summed E-state index contributed by atoms with van der Waals surface area (Å²) in [5, 5.41) is 10.2. The minimum absolute atomic E-state index is 0.00433. The van der Waals surface area contributed by atoms with E-state index in [1.807, 2.05) is 17.0 Å². The van der Waals surface area contributed by atoms with Crippen LogP contribution < -0.4 is 11.5 Å². The molecule has 2 unspecified atom stereocenters. The molecule has 8 heteroatoms. The van der Waals surface area contributed by atoms with Crippen molar-refractivity contribution in [2.24, 2.45) is 5.73 Å². The number of H-pyrrole nitrogens is 1. The van der Waals surface area contributed by atoms with E-state index >= 15 is 0 Å². The van der Waals surface area contributed by atoms with Crippen molar-refractivity contribution in [3.8, 4) is 5.75 Å². The number of aromatic amines is 1. The molecular weight excluding hydrogens is 432 g/mol. The molecule has 2 aromatic rings. The zero-order valence-corrected chi connectivity index (χ0v) is 19.6. The van der Waals surface area contributed by atoms with E-state index in [0.717, 1.165) is 42.5 Å². The number of benzene rings is 1. The fraction of sp³-hybridized carbons (Fsp3) is 0.423. The van der Waals surface area contributed by atoms with E-state index < -0.39 is 0 Å². The van der Waals surface area contributed by atoms with Crippen molar-refractivity contribution >= 4 is 23.5 Å². The normalized spacial score (nSPS) is 22.6. The van der Waals surface area contributed by atoms with Gasteiger partial charge in [-0.15, -0.1) is 0 Å². The van der Waals surface area contributed by atoms with Crippen LogP contribution in [0, 0.1) is 0 Å². The Balaban J connectivity index is 1.69. The number of amides is 1. The molecule has 3 heterocycles. The van der Waals surface area contributed by atoms with Crippen LogP contribution in [0.25, 0.3) is 11.8 Å². The standard InChI is InChI=1S/C26H34N4O4/c1-3-24(32)30-17-11-16(12-18(30)15-34-14-17)25-19(8-6-10-33-2)21(26(28)29-25)13-22(27)20-7-4-5-9-23(20)31/h3-5,7,9,13,16-18,29,31H,1,6,8,10-12,14-15,27-28H2,2H3/b22-13-. The Morgan fingerprint density at radius 2 is 2.03 bits per heavy atom. The number of phenolic OH excluding ortho intramolecular Hbond substituents is 1. The largest absolute Gasteiger partial charge is 0.507 e. The molecule has 182 valence electrons. The van der Waals surface area contributed by atoms with Gasteiger partial charge in [-0.25, -0.2) is 0 Å². The number of hydrogen-bond acceptors (Lipinski definition) is 6. The lowest BCUT2D eigenvalue weighted by Gasteiger charge is -2.48. The van der Waals surface area contributed by atoms with E-state index in [9.17, 15) is 9.90 Å². The van der Waals surface area contributed by atoms with Gasteiger partial charge in [0.2, 0.25) is 5.91 Å². The zero-order valence-electron chi connectivity index (χ0n) is 19.6. The highest BCUT2D eigenvalue weighted by atomic mass is 16.5. The molecule has 2 atom stereocenters. The Hall–Kier alpha value is -3.23. The first kappa shape index (κ1) is 23.9. The maximum atomic E-state index is 12.5. The molecule has 1 aromatic heterocycles. The maximum Gasteiger partial charge on any atom is 0.246 e. The lowest BCUT2D eigenvalue weighted by molar-refractivity contribution is -0.146. The summed E-state index contributed by atoms with van der Waals surface area (Å²) in [6, 6.07) is 6.99. The average molecular weight is 467 g/mol. The summed E-state index contributed by atoms with van der Waals surface area (Å²) in [6.07, 6.45) is 6.40. The number of carbonyl (C=O) groups is 1. The topological polar surface area (TPSA) is 127 Å². The van der Waals surface area contributed by atoms with Gasteiger partial charge < -0.3 is 35.9 Å². The Morgan fingerprint density at radius 3 is 2.68 bits per heavy atom. The van der Waals surface area contributed by atoms with Crippen LogP contribution in [0.5, 0.6) is 5.75 Å². The third-order valence-electron chi connectivity index (χ3n) is 6.86. The van der Waals surface area contributed by atoms with Crippen LogP contribution in [0.2, 0.25) is 0 Å². The minimum Gasteiger partial charge on any atom is -0.507 e. The van der Waals surface area contributed by atoms with Crippen molar-refractivity contribution in [3.05, 3.63) is 59.3 Å². The van der Waals surface area contributed by atoms with E-state index in [2.05, 4.69) is 11.6 Å². The summed E-state index contributed by atoms with van der Waals surface area (Å²) >= 11 is 0. The number of rotatable bonds is 8. The van der Waals surface area contributed by atoms with Crippen LogP contribution in [0.1, 0.15) is 47.6 Å². The van der Waals surface area contributed by atoms with Gasteiger partial charge in [-0.3, -0.25) is 4.79 Å². The van der Waals surface area contributed by atoms with Crippen molar-refractivity contribution in [2.75, 3.05) is 32.7 Å². The monoisotopic (exact) mass is 466 g/mol. The number of nitrogens with zero attached hydrogens (tertiary/aromatic N) is 1. The van der Waals surface area contributed by atoms with E-state index in [1.165, 1.54) is 6.08 Å². The smallest absolute Gasteiger partial charge is 0.246 e. The molecule has 2 saturated heterocycles. The first-order valence-electron chi connectivity index (χ1n) is 11.7. The van der Waals surface area contributed by atoms with Gasteiger partial charge in [-0.1, -0.05) is 18.7 Å². The van der Waals surface area contributed by atoms with Crippen LogP contribution >= 0.6 is 0 Å². The lowest BCUT2D eigenvalue weighted by Crippen LogP contribution is -2.58. The fourth-order valence-corrected chi connectivity index (χ4v) is 5.34. The van der Waals surface area contributed by atoms with Crippen molar-refractivity contribution in [1.29, 1.82) is 0 Å². The summed E-state index contributed by atoms with van der Waals surface area (Å²) in [4.78, 5) is 17.8. The summed E-state index contributed by atoms with van der Waals surface area (Å²) in [5.41, 5.74) is 16.9. The highest BCUT2D eigenvalue weighted by molar-refractivity contribution is 5.88. The average Bonchev–Trinajstić information content (AvgIpc) is 3.13. The predicted octanol–water partition coefficient (Wildman–Crippen LogP) is 3.00. The lowest BCUT2D eigenvalue weighted by atomic mass is 9.81. The molecule has 2 aliphatic heterocycles. The molecule has 34 heavy (non-hydrogen) atoms. The number of para-hydroxylation sites is 1. The van der Waals surface area contributed by atoms with E-state index in [-0.39, 0.29) is 29.7 Å². The number of carbonyl (C=O) groups excluding carboxylic acids is 1. The first-order valence-corrected chi connectivity index (χ1v) is 11.7. The number of phenols is 1. The molecular formula is C26H34N4O4. The Morgan fingerprint density at radius 1 is 1.32 bits per heavy atom. The number of anilines is 1. The quantitative estimate of drug-likeness (QED) is 0.350. The third kappa shape index (κ3) is 4.69. The zero-order chi connectivity index (χ0) is 24.2. The van der Waals surface area contributed by atoms with Crippen molar-refractivity contribution in [1.82, 2.24) is 9.88 Å². The second kappa shape index (κ2) is 10.4. The van der Waals surface area contributed by atoms with Crippen molar-refractivity contribution < 1.29 is 19.4 Å². The Bertz CT molecular complexity index is 1060. The molecule has 0 saturated carbocycles. The summed E-state index contributed by atoms with van der Waals surface area (Å²) in [5.74, 6) is 0.841. The van der Waals surface area contributed by atoms with Gasteiger partial charge in [0.05, 0.1) is 25.3 Å². The third-order valence-corrected chi connectivity index (χ3v) is 6.86. The molecule has 2 fully saturated rings. The van der Waals surface area contributed by atoms with Crippen LogP contribution in [0.15, 0.2) is 36.9 Å². The molecule has 1 amide bonds. The van der Waals surface area contributed by atoms with Gasteiger partial charge in [-0.2, -0.15) is 0 Å². The number of nitrogens with two attached hydrogens (primary N) is 2. The maximum absolute atomic E-state index is 12.5. The number of nitrogens with one attached hydrogen (secondary N) is 1. The van der Waals surface area contributed by atoms with E-state index in [0.29, 0.717) is 36.9 Å². The van der Waals surface area contributed by atoms with Gasteiger partial charge >= 0.3 is 0 Å².